The third-order valence-electron chi connectivity index (χ3n) is 3.61. The lowest BCUT2D eigenvalue weighted by molar-refractivity contribution is -0.197. The smallest absolute Gasteiger partial charge is 0.329 e. The molecule has 1 saturated heterocycles. The zero-order valence-corrected chi connectivity index (χ0v) is 12.0. The molecule has 1 aromatic rings. The Morgan fingerprint density at radius 1 is 1.39 bits per heavy atom. The van der Waals surface area contributed by atoms with Gasteiger partial charge in [0.25, 0.3) is 11.8 Å². The number of amides is 2. The molecule has 120 valence electrons. The quantitative estimate of drug-likeness (QED) is 0.871. The molecule has 2 amide bonds. The lowest BCUT2D eigenvalue weighted by atomic mass is 9.84. The minimum atomic E-state index is -5.17. The Morgan fingerprint density at radius 3 is 2.43 bits per heavy atom. The van der Waals surface area contributed by atoms with E-state index in [1.807, 2.05) is 5.32 Å². The molecule has 1 aliphatic heterocycles. The molecule has 0 aromatic heterocycles. The Morgan fingerprint density at radius 2 is 1.96 bits per heavy atom. The SMILES string of the molecule is C=C1NC(=O)[C@@](NC(=O)c2ccc(C)cc2)(C(F)(F)F)[C@H]1C#N. The van der Waals surface area contributed by atoms with Crippen LogP contribution in [0.15, 0.2) is 36.5 Å². The Balaban J connectivity index is 2.47. The van der Waals surface area contributed by atoms with E-state index in [4.69, 9.17) is 5.26 Å². The van der Waals surface area contributed by atoms with E-state index in [0.717, 1.165) is 5.56 Å². The second-order valence-electron chi connectivity index (χ2n) is 5.17. The van der Waals surface area contributed by atoms with Crippen molar-refractivity contribution in [1.82, 2.24) is 10.6 Å². The monoisotopic (exact) mass is 323 g/mol. The lowest BCUT2D eigenvalue weighted by Crippen LogP contribution is -2.66. The van der Waals surface area contributed by atoms with Crippen LogP contribution in [0.1, 0.15) is 15.9 Å². The van der Waals surface area contributed by atoms with E-state index in [0.29, 0.717) is 0 Å². The normalized spacial score (nSPS) is 24.0. The Bertz CT molecular complexity index is 719. The zero-order valence-electron chi connectivity index (χ0n) is 12.0. The summed E-state index contributed by atoms with van der Waals surface area (Å²) < 4.78 is 40.6. The molecule has 0 saturated carbocycles. The van der Waals surface area contributed by atoms with E-state index < -0.39 is 35.1 Å². The van der Waals surface area contributed by atoms with Crippen molar-refractivity contribution in [3.8, 4) is 6.07 Å². The van der Waals surface area contributed by atoms with Gasteiger partial charge in [0.15, 0.2) is 0 Å². The number of hydrogen-bond donors (Lipinski definition) is 2. The van der Waals surface area contributed by atoms with Crippen LogP contribution >= 0.6 is 0 Å². The van der Waals surface area contributed by atoms with E-state index >= 15 is 0 Å². The van der Waals surface area contributed by atoms with Gasteiger partial charge in [-0.15, -0.1) is 0 Å². The average molecular weight is 323 g/mol. The summed E-state index contributed by atoms with van der Waals surface area (Å²) in [5.74, 6) is -4.58. The first-order valence-electron chi connectivity index (χ1n) is 6.49. The summed E-state index contributed by atoms with van der Waals surface area (Å²) in [5.41, 5.74) is -3.00. The van der Waals surface area contributed by atoms with E-state index in [2.05, 4.69) is 6.58 Å². The van der Waals surface area contributed by atoms with Crippen molar-refractivity contribution < 1.29 is 22.8 Å². The molecule has 0 bridgehead atoms. The number of nitrogens with one attached hydrogen (secondary N) is 2. The molecule has 0 aliphatic carbocycles. The van der Waals surface area contributed by atoms with Crippen LogP contribution in [0.3, 0.4) is 0 Å². The molecule has 1 fully saturated rings. The maximum Gasteiger partial charge on any atom is 0.422 e. The van der Waals surface area contributed by atoms with Crippen molar-refractivity contribution in [3.05, 3.63) is 47.7 Å². The van der Waals surface area contributed by atoms with Gasteiger partial charge in [-0.2, -0.15) is 18.4 Å². The molecule has 0 radical (unpaired) electrons. The predicted octanol–water partition coefficient (Wildman–Crippen LogP) is 1.81. The number of aryl methyl sites for hydroxylation is 1. The molecule has 8 heteroatoms. The number of benzene rings is 1. The Kier molecular flexibility index (Phi) is 3.90. The first-order valence-corrected chi connectivity index (χ1v) is 6.49. The summed E-state index contributed by atoms with van der Waals surface area (Å²) in [7, 11) is 0. The number of nitriles is 1. The zero-order chi connectivity index (χ0) is 17.4. The fourth-order valence-electron chi connectivity index (χ4n) is 2.33. The third kappa shape index (κ3) is 2.54. The van der Waals surface area contributed by atoms with E-state index in [-0.39, 0.29) is 5.56 Å². The highest BCUT2D eigenvalue weighted by Gasteiger charge is 2.70. The number of rotatable bonds is 2. The first-order chi connectivity index (χ1) is 10.6. The number of carbonyl (C=O) groups excluding carboxylic acids is 2. The van der Waals surface area contributed by atoms with Gasteiger partial charge >= 0.3 is 6.18 Å². The van der Waals surface area contributed by atoms with Gasteiger partial charge in [0.2, 0.25) is 5.54 Å². The van der Waals surface area contributed by atoms with Crippen LogP contribution in [-0.2, 0) is 4.79 Å². The van der Waals surface area contributed by atoms with Gasteiger partial charge in [0, 0.05) is 11.3 Å². The third-order valence-corrected chi connectivity index (χ3v) is 3.61. The summed E-state index contributed by atoms with van der Waals surface area (Å²) in [5, 5.41) is 12.6. The number of carbonyl (C=O) groups is 2. The average Bonchev–Trinajstić information content (AvgIpc) is 2.70. The summed E-state index contributed by atoms with van der Waals surface area (Å²) in [6.07, 6.45) is -5.17. The van der Waals surface area contributed by atoms with Gasteiger partial charge in [-0.25, -0.2) is 0 Å². The number of alkyl halides is 3. The molecular formula is C15H12F3N3O2. The van der Waals surface area contributed by atoms with Gasteiger partial charge in [0.1, 0.15) is 5.92 Å². The topological polar surface area (TPSA) is 82.0 Å². The molecule has 2 N–H and O–H groups in total. The second-order valence-corrected chi connectivity index (χ2v) is 5.17. The van der Waals surface area contributed by atoms with Gasteiger partial charge in [-0.3, -0.25) is 9.59 Å². The van der Waals surface area contributed by atoms with Gasteiger partial charge in [0.05, 0.1) is 6.07 Å². The molecule has 1 aliphatic rings. The van der Waals surface area contributed by atoms with E-state index in [9.17, 15) is 22.8 Å². The minimum Gasteiger partial charge on any atom is -0.329 e. The lowest BCUT2D eigenvalue weighted by Gasteiger charge is -2.32. The van der Waals surface area contributed by atoms with Crippen LogP contribution in [0, 0.1) is 24.2 Å². The van der Waals surface area contributed by atoms with Gasteiger partial charge in [-0.05, 0) is 19.1 Å². The molecule has 0 spiro atoms. The van der Waals surface area contributed by atoms with Crippen molar-refractivity contribution in [3.63, 3.8) is 0 Å². The standard InChI is InChI=1S/C15H12F3N3O2/c1-8-3-5-10(6-4-8)12(22)21-14(15(16,17)18)11(7-19)9(2)20-13(14)23/h3-6,11H,2H2,1H3,(H,20,23)(H,21,22)/t11-,14+/m0/s1. The van der Waals surface area contributed by atoms with Crippen LogP contribution in [0.4, 0.5) is 13.2 Å². The Hall–Kier alpha value is -2.82. The van der Waals surface area contributed by atoms with Crippen LogP contribution < -0.4 is 10.6 Å². The van der Waals surface area contributed by atoms with Crippen molar-refractivity contribution in [2.75, 3.05) is 0 Å². The Labute approximate surface area is 129 Å². The van der Waals surface area contributed by atoms with Crippen LogP contribution in [0.25, 0.3) is 0 Å². The summed E-state index contributed by atoms with van der Waals surface area (Å²) >= 11 is 0. The van der Waals surface area contributed by atoms with Crippen molar-refractivity contribution in [1.29, 1.82) is 5.26 Å². The maximum atomic E-state index is 13.5. The fourth-order valence-corrected chi connectivity index (χ4v) is 2.33. The van der Waals surface area contributed by atoms with Crippen molar-refractivity contribution in [2.24, 2.45) is 5.92 Å². The predicted molar refractivity (Wildman–Crippen MR) is 73.8 cm³/mol. The fraction of sp³-hybridized carbons (Fsp3) is 0.267. The largest absolute Gasteiger partial charge is 0.422 e. The molecular weight excluding hydrogens is 311 g/mol. The second kappa shape index (κ2) is 5.43. The summed E-state index contributed by atoms with van der Waals surface area (Å²) in [6, 6.07) is 7.14. The first kappa shape index (κ1) is 16.5. The molecule has 1 heterocycles. The van der Waals surface area contributed by atoms with E-state index in [1.54, 1.807) is 24.4 Å². The van der Waals surface area contributed by atoms with Crippen LogP contribution in [-0.4, -0.2) is 23.5 Å². The van der Waals surface area contributed by atoms with Crippen molar-refractivity contribution >= 4 is 11.8 Å². The highest BCUT2D eigenvalue weighted by molar-refractivity contribution is 6.02. The van der Waals surface area contributed by atoms with E-state index in [1.165, 1.54) is 18.2 Å². The highest BCUT2D eigenvalue weighted by atomic mass is 19.4. The molecule has 2 rings (SSSR count). The minimum absolute atomic E-state index is 0.0544. The van der Waals surface area contributed by atoms with Gasteiger partial charge < -0.3 is 10.6 Å². The van der Waals surface area contributed by atoms with Gasteiger partial charge in [-0.1, -0.05) is 24.3 Å². The van der Waals surface area contributed by atoms with Crippen molar-refractivity contribution in [2.45, 2.75) is 18.6 Å². The molecule has 0 unspecified atom stereocenters. The molecule has 1 aromatic carbocycles. The number of nitrogens with zero attached hydrogens (tertiary/aromatic N) is 1. The molecule has 2 atom stereocenters. The van der Waals surface area contributed by atoms with Crippen LogP contribution in [0.5, 0.6) is 0 Å². The maximum absolute atomic E-state index is 13.5. The molecule has 23 heavy (non-hydrogen) atoms. The van der Waals surface area contributed by atoms with Crippen LogP contribution in [0.2, 0.25) is 0 Å². The molecule has 5 nitrogen and oxygen atoms in total. The highest BCUT2D eigenvalue weighted by Crippen LogP contribution is 2.42. The summed E-state index contributed by atoms with van der Waals surface area (Å²) in [6.45, 7) is 5.00. The number of hydrogen-bond acceptors (Lipinski definition) is 3. The number of halogens is 3. The summed E-state index contributed by atoms with van der Waals surface area (Å²) in [4.78, 5) is 24.0.